The second kappa shape index (κ2) is 3.08. The van der Waals surface area contributed by atoms with Crippen molar-refractivity contribution in [1.29, 1.82) is 0 Å². The van der Waals surface area contributed by atoms with Crippen molar-refractivity contribution in [1.82, 2.24) is 5.32 Å². The van der Waals surface area contributed by atoms with Crippen LogP contribution in [0.15, 0.2) is 0 Å². The fourth-order valence-corrected chi connectivity index (χ4v) is 0.341. The van der Waals surface area contributed by atoms with E-state index in [1.807, 2.05) is 0 Å². The fourth-order valence-electron chi connectivity index (χ4n) is 0.341. The first-order valence-electron chi connectivity index (χ1n) is 2.77. The highest BCUT2D eigenvalue weighted by Crippen LogP contribution is 2.28. The van der Waals surface area contributed by atoms with Gasteiger partial charge in [-0.05, 0) is 6.92 Å². The summed E-state index contributed by atoms with van der Waals surface area (Å²) in [6.45, 7) is -0.247. The maximum atomic E-state index is 11.8. The minimum atomic E-state index is -4.72. The molecular weight excluding hydrogens is 163 g/mol. The van der Waals surface area contributed by atoms with Crippen molar-refractivity contribution in [2.24, 2.45) is 0 Å². The fraction of sp³-hybridized carbons (Fsp3) is 0.800. The molecule has 0 heterocycles. The average molecular weight is 171 g/mol. The van der Waals surface area contributed by atoms with E-state index in [2.05, 4.69) is 0 Å². The lowest BCUT2D eigenvalue weighted by Gasteiger charge is -2.25. The third kappa shape index (κ3) is 2.75. The molecule has 2 N–H and O–H groups in total. The zero-order valence-corrected chi connectivity index (χ0v) is 5.77. The van der Waals surface area contributed by atoms with Gasteiger partial charge < -0.3 is 10.4 Å². The summed E-state index contributed by atoms with van der Waals surface area (Å²) in [5.74, 6) is 0. The van der Waals surface area contributed by atoms with Gasteiger partial charge in [-0.2, -0.15) is 13.2 Å². The molecule has 0 aromatic rings. The second-order valence-corrected chi connectivity index (χ2v) is 2.27. The molecule has 0 saturated carbocycles. The van der Waals surface area contributed by atoms with Gasteiger partial charge in [-0.25, -0.2) is 0 Å². The maximum absolute atomic E-state index is 11.8. The molecule has 1 amide bonds. The molecule has 0 aromatic carbocycles. The summed E-state index contributed by atoms with van der Waals surface area (Å²) >= 11 is 0. The number of hydrogen-bond donors (Lipinski definition) is 2. The van der Waals surface area contributed by atoms with Gasteiger partial charge in [0.05, 0.1) is 6.54 Å². The van der Waals surface area contributed by atoms with Crippen LogP contribution in [-0.2, 0) is 4.79 Å². The van der Waals surface area contributed by atoms with Gasteiger partial charge in [0.25, 0.3) is 0 Å². The van der Waals surface area contributed by atoms with Gasteiger partial charge in [0.1, 0.15) is 0 Å². The Bertz CT molecular complexity index is 143. The van der Waals surface area contributed by atoms with Gasteiger partial charge in [0.2, 0.25) is 6.41 Å². The zero-order valence-electron chi connectivity index (χ0n) is 5.77. The van der Waals surface area contributed by atoms with E-state index in [9.17, 15) is 18.0 Å². The molecule has 0 spiro atoms. The van der Waals surface area contributed by atoms with Crippen LogP contribution in [0.5, 0.6) is 0 Å². The van der Waals surface area contributed by atoms with Crippen LogP contribution in [0.3, 0.4) is 0 Å². The highest BCUT2D eigenvalue weighted by Gasteiger charge is 2.49. The number of carbonyl (C=O) groups is 1. The summed E-state index contributed by atoms with van der Waals surface area (Å²) in [6, 6.07) is 0. The van der Waals surface area contributed by atoms with Gasteiger partial charge in [-0.3, -0.25) is 4.79 Å². The van der Waals surface area contributed by atoms with E-state index in [1.165, 1.54) is 0 Å². The van der Waals surface area contributed by atoms with E-state index in [4.69, 9.17) is 5.11 Å². The zero-order chi connectivity index (χ0) is 9.12. The van der Waals surface area contributed by atoms with Crippen LogP contribution in [0.2, 0.25) is 0 Å². The molecule has 0 saturated heterocycles. The van der Waals surface area contributed by atoms with Crippen LogP contribution in [0, 0.1) is 0 Å². The lowest BCUT2D eigenvalue weighted by Crippen LogP contribution is -2.49. The molecule has 1 unspecified atom stereocenters. The lowest BCUT2D eigenvalue weighted by molar-refractivity contribution is -0.249. The summed E-state index contributed by atoms with van der Waals surface area (Å²) in [7, 11) is 0. The predicted molar refractivity (Wildman–Crippen MR) is 30.7 cm³/mol. The third-order valence-electron chi connectivity index (χ3n) is 1.14. The Hall–Kier alpha value is -0.780. The maximum Gasteiger partial charge on any atom is 0.418 e. The van der Waals surface area contributed by atoms with Gasteiger partial charge >= 0.3 is 6.18 Å². The summed E-state index contributed by atoms with van der Waals surface area (Å²) in [4.78, 5) is 9.59. The number of hydrogen-bond acceptors (Lipinski definition) is 2. The normalized spacial score (nSPS) is 17.2. The Balaban J connectivity index is 4.10. The number of aliphatic hydroxyl groups is 1. The number of rotatable bonds is 3. The van der Waals surface area contributed by atoms with E-state index in [0.717, 1.165) is 0 Å². The summed E-state index contributed by atoms with van der Waals surface area (Å²) in [5, 5.41) is 10.4. The molecule has 0 aliphatic rings. The van der Waals surface area contributed by atoms with Crippen molar-refractivity contribution < 1.29 is 23.1 Å². The van der Waals surface area contributed by atoms with E-state index in [0.29, 0.717) is 6.92 Å². The van der Waals surface area contributed by atoms with Crippen LogP contribution < -0.4 is 5.32 Å². The van der Waals surface area contributed by atoms with Crippen molar-refractivity contribution in [3.63, 3.8) is 0 Å². The number of nitrogens with one attached hydrogen (secondary N) is 1. The quantitative estimate of drug-likeness (QED) is 0.589. The van der Waals surface area contributed by atoms with Crippen LogP contribution in [0.25, 0.3) is 0 Å². The number of halogens is 3. The first kappa shape index (κ1) is 10.2. The van der Waals surface area contributed by atoms with Crippen molar-refractivity contribution >= 4 is 6.41 Å². The van der Waals surface area contributed by atoms with Crippen molar-refractivity contribution in [2.75, 3.05) is 6.54 Å². The van der Waals surface area contributed by atoms with Crippen molar-refractivity contribution in [2.45, 2.75) is 18.7 Å². The molecule has 11 heavy (non-hydrogen) atoms. The summed E-state index contributed by atoms with van der Waals surface area (Å²) in [5.41, 5.74) is -2.85. The highest BCUT2D eigenvalue weighted by atomic mass is 19.4. The number of carbonyl (C=O) groups excluding carboxylic acids is 1. The number of amides is 1. The first-order chi connectivity index (χ1) is 4.81. The standard InChI is InChI=1S/C5H8F3NO2/c1-4(11,2-9-3-10)5(6,7)8/h3,11H,2H2,1H3,(H,9,10). The monoisotopic (exact) mass is 171 g/mol. The minimum Gasteiger partial charge on any atom is -0.379 e. The molecule has 3 nitrogen and oxygen atoms in total. The molecular formula is C5H8F3NO2. The molecule has 66 valence electrons. The first-order valence-corrected chi connectivity index (χ1v) is 2.77. The largest absolute Gasteiger partial charge is 0.418 e. The molecule has 0 fully saturated rings. The Morgan fingerprint density at radius 1 is 1.55 bits per heavy atom. The van der Waals surface area contributed by atoms with E-state index < -0.39 is 18.3 Å². The van der Waals surface area contributed by atoms with Gasteiger partial charge in [0, 0.05) is 0 Å². The highest BCUT2D eigenvalue weighted by molar-refractivity contribution is 5.46. The van der Waals surface area contributed by atoms with Crippen LogP contribution in [0.4, 0.5) is 13.2 Å². The molecule has 0 aromatic heterocycles. The molecule has 6 heteroatoms. The third-order valence-corrected chi connectivity index (χ3v) is 1.14. The van der Waals surface area contributed by atoms with Crippen LogP contribution in [-0.4, -0.2) is 29.8 Å². The topological polar surface area (TPSA) is 49.3 Å². The number of alkyl halides is 3. The Kier molecular flexibility index (Phi) is 2.86. The average Bonchev–Trinajstić information content (AvgIpc) is 1.81. The van der Waals surface area contributed by atoms with Crippen LogP contribution >= 0.6 is 0 Å². The molecule has 1 atom stereocenters. The molecule has 0 radical (unpaired) electrons. The Labute approximate surface area is 61.2 Å². The van der Waals surface area contributed by atoms with Gasteiger partial charge in [-0.15, -0.1) is 0 Å². The Morgan fingerprint density at radius 3 is 2.27 bits per heavy atom. The second-order valence-electron chi connectivity index (χ2n) is 2.27. The smallest absolute Gasteiger partial charge is 0.379 e. The van der Waals surface area contributed by atoms with Gasteiger partial charge in [-0.1, -0.05) is 0 Å². The van der Waals surface area contributed by atoms with Crippen molar-refractivity contribution in [3.05, 3.63) is 0 Å². The van der Waals surface area contributed by atoms with Crippen LogP contribution in [0.1, 0.15) is 6.92 Å². The van der Waals surface area contributed by atoms with E-state index in [1.54, 1.807) is 5.32 Å². The Morgan fingerprint density at radius 2 is 2.00 bits per heavy atom. The minimum absolute atomic E-state index is 0.0974. The SMILES string of the molecule is CC(O)(CNC=O)C(F)(F)F. The molecule has 0 bridgehead atoms. The van der Waals surface area contributed by atoms with Crippen molar-refractivity contribution in [3.8, 4) is 0 Å². The summed E-state index contributed by atoms with van der Waals surface area (Å²) < 4.78 is 35.3. The predicted octanol–water partition coefficient (Wildman–Crippen LogP) is 0.0457. The van der Waals surface area contributed by atoms with E-state index in [-0.39, 0.29) is 6.41 Å². The van der Waals surface area contributed by atoms with Gasteiger partial charge in [0.15, 0.2) is 5.60 Å². The molecule has 0 aliphatic carbocycles. The van der Waals surface area contributed by atoms with E-state index >= 15 is 0 Å². The molecule has 0 aliphatic heterocycles. The lowest BCUT2D eigenvalue weighted by atomic mass is 10.1. The molecule has 0 rings (SSSR count). The summed E-state index contributed by atoms with van der Waals surface area (Å²) in [6.07, 6.45) is -4.62.